The van der Waals surface area contributed by atoms with Crippen LogP contribution in [0, 0.1) is 19.8 Å². The summed E-state index contributed by atoms with van der Waals surface area (Å²) < 4.78 is 0. The Morgan fingerprint density at radius 1 is 0.893 bits per heavy atom. The topological polar surface area (TPSA) is 60.9 Å². The largest absolute Gasteiger partial charge is 0.339 e. The number of benzene rings is 1. The molecule has 1 unspecified atom stereocenters. The predicted octanol–water partition coefficient (Wildman–Crippen LogP) is 2.24. The fourth-order valence-corrected chi connectivity index (χ4v) is 4.30. The van der Waals surface area contributed by atoms with Gasteiger partial charge in [0, 0.05) is 51.3 Å². The van der Waals surface area contributed by atoms with E-state index in [9.17, 15) is 14.4 Å². The number of nitrogens with zero attached hydrogens (tertiary/aromatic N) is 3. The minimum absolute atomic E-state index is 0.0164. The highest BCUT2D eigenvalue weighted by molar-refractivity contribution is 5.95. The van der Waals surface area contributed by atoms with Crippen molar-refractivity contribution in [2.24, 2.45) is 5.92 Å². The van der Waals surface area contributed by atoms with Crippen LogP contribution >= 0.6 is 0 Å². The van der Waals surface area contributed by atoms with Gasteiger partial charge in [0.1, 0.15) is 0 Å². The molecule has 0 aliphatic carbocycles. The lowest BCUT2D eigenvalue weighted by atomic mass is 9.95. The second-order valence-corrected chi connectivity index (χ2v) is 8.03. The molecule has 3 rings (SSSR count). The summed E-state index contributed by atoms with van der Waals surface area (Å²) in [5.74, 6) is 0.149. The van der Waals surface area contributed by atoms with Gasteiger partial charge in [-0.15, -0.1) is 0 Å². The maximum absolute atomic E-state index is 13.0. The molecule has 1 aromatic carbocycles. The number of rotatable bonds is 3. The first-order valence-electron chi connectivity index (χ1n) is 10.3. The van der Waals surface area contributed by atoms with Crippen molar-refractivity contribution in [3.05, 3.63) is 34.9 Å². The normalized spacial score (nSPS) is 20.2. The van der Waals surface area contributed by atoms with E-state index in [0.29, 0.717) is 51.3 Å². The third-order valence-corrected chi connectivity index (χ3v) is 5.77. The van der Waals surface area contributed by atoms with Crippen LogP contribution in [0.4, 0.5) is 0 Å². The van der Waals surface area contributed by atoms with Gasteiger partial charge in [0.05, 0.1) is 5.92 Å². The molecule has 1 aromatic rings. The highest BCUT2D eigenvalue weighted by Gasteiger charge is 2.33. The molecule has 0 aromatic heterocycles. The lowest BCUT2D eigenvalue weighted by Crippen LogP contribution is -2.54. The van der Waals surface area contributed by atoms with Crippen molar-refractivity contribution in [3.63, 3.8) is 0 Å². The fraction of sp³-hybridized carbons (Fsp3) is 0.591. The van der Waals surface area contributed by atoms with Gasteiger partial charge in [-0.1, -0.05) is 24.1 Å². The summed E-state index contributed by atoms with van der Waals surface area (Å²) in [6, 6.07) is 5.90. The number of hydrogen-bond acceptors (Lipinski definition) is 3. The first-order chi connectivity index (χ1) is 13.4. The van der Waals surface area contributed by atoms with Gasteiger partial charge < -0.3 is 14.7 Å². The summed E-state index contributed by atoms with van der Waals surface area (Å²) in [6.45, 7) is 9.44. The third-order valence-electron chi connectivity index (χ3n) is 5.77. The minimum Gasteiger partial charge on any atom is -0.339 e. The van der Waals surface area contributed by atoms with Crippen LogP contribution in [0.25, 0.3) is 0 Å². The fourth-order valence-electron chi connectivity index (χ4n) is 4.30. The monoisotopic (exact) mass is 385 g/mol. The number of likely N-dealkylation sites (tertiary alicyclic amines) is 1. The van der Waals surface area contributed by atoms with Gasteiger partial charge >= 0.3 is 0 Å². The van der Waals surface area contributed by atoms with Crippen LogP contribution in [0.3, 0.4) is 0 Å². The van der Waals surface area contributed by atoms with Crippen LogP contribution < -0.4 is 0 Å². The van der Waals surface area contributed by atoms with E-state index in [-0.39, 0.29) is 23.6 Å². The summed E-state index contributed by atoms with van der Waals surface area (Å²) in [5.41, 5.74) is 2.86. The Morgan fingerprint density at radius 2 is 1.50 bits per heavy atom. The molecule has 0 saturated carbocycles. The first-order valence-corrected chi connectivity index (χ1v) is 10.3. The van der Waals surface area contributed by atoms with Gasteiger partial charge in [-0.3, -0.25) is 14.4 Å². The molecule has 2 aliphatic heterocycles. The lowest BCUT2D eigenvalue weighted by molar-refractivity contribution is -0.143. The molecular weight excluding hydrogens is 354 g/mol. The van der Waals surface area contributed by atoms with Crippen LogP contribution in [-0.4, -0.2) is 71.7 Å². The third kappa shape index (κ3) is 4.54. The predicted molar refractivity (Wildman–Crippen MR) is 108 cm³/mol. The van der Waals surface area contributed by atoms with Gasteiger partial charge in [0.25, 0.3) is 5.91 Å². The van der Waals surface area contributed by atoms with Crippen molar-refractivity contribution >= 4 is 17.7 Å². The van der Waals surface area contributed by atoms with E-state index in [0.717, 1.165) is 24.0 Å². The highest BCUT2D eigenvalue weighted by Crippen LogP contribution is 2.22. The Kier molecular flexibility index (Phi) is 6.37. The molecule has 2 heterocycles. The molecule has 0 N–H and O–H groups in total. The van der Waals surface area contributed by atoms with Crippen molar-refractivity contribution in [3.8, 4) is 0 Å². The highest BCUT2D eigenvalue weighted by atomic mass is 16.2. The average Bonchev–Trinajstić information content (AvgIpc) is 2.71. The summed E-state index contributed by atoms with van der Waals surface area (Å²) in [7, 11) is 0. The molecule has 28 heavy (non-hydrogen) atoms. The van der Waals surface area contributed by atoms with Crippen LogP contribution in [0.2, 0.25) is 0 Å². The van der Waals surface area contributed by atoms with E-state index in [4.69, 9.17) is 0 Å². The molecule has 152 valence electrons. The standard InChI is InChI=1S/C22H31N3O3/c1-4-20(26)23-8-10-24(11-9-23)21(27)18-6-5-7-25(15-18)22(28)19-13-16(2)12-17(3)14-19/h12-14,18H,4-11,15H2,1-3H3. The van der Waals surface area contributed by atoms with Gasteiger partial charge in [-0.2, -0.15) is 0 Å². The molecule has 3 amide bonds. The zero-order valence-electron chi connectivity index (χ0n) is 17.2. The molecule has 0 spiro atoms. The van der Waals surface area contributed by atoms with Gasteiger partial charge in [-0.05, 0) is 38.8 Å². The van der Waals surface area contributed by atoms with Gasteiger partial charge in [0.15, 0.2) is 0 Å². The second kappa shape index (κ2) is 8.76. The second-order valence-electron chi connectivity index (χ2n) is 8.03. The quantitative estimate of drug-likeness (QED) is 0.802. The molecule has 2 aliphatic rings. The average molecular weight is 386 g/mol. The van der Waals surface area contributed by atoms with Crippen LogP contribution in [0.1, 0.15) is 47.7 Å². The zero-order chi connectivity index (χ0) is 20.3. The molecular formula is C22H31N3O3. The van der Waals surface area contributed by atoms with Crippen LogP contribution in [0.15, 0.2) is 18.2 Å². The number of carbonyl (C=O) groups is 3. The Balaban J connectivity index is 1.61. The Labute approximate surface area is 167 Å². The number of amides is 3. The van der Waals surface area contributed by atoms with Crippen molar-refractivity contribution in [2.45, 2.75) is 40.0 Å². The lowest BCUT2D eigenvalue weighted by Gasteiger charge is -2.39. The van der Waals surface area contributed by atoms with E-state index in [1.807, 2.05) is 47.6 Å². The number of carbonyl (C=O) groups excluding carboxylic acids is 3. The molecule has 2 fully saturated rings. The van der Waals surface area contributed by atoms with Crippen molar-refractivity contribution in [1.82, 2.24) is 14.7 Å². The maximum Gasteiger partial charge on any atom is 0.253 e. The van der Waals surface area contributed by atoms with Crippen molar-refractivity contribution in [2.75, 3.05) is 39.3 Å². The molecule has 6 nitrogen and oxygen atoms in total. The Bertz CT molecular complexity index is 733. The zero-order valence-corrected chi connectivity index (χ0v) is 17.2. The molecule has 1 atom stereocenters. The maximum atomic E-state index is 13.0. The Hall–Kier alpha value is -2.37. The van der Waals surface area contributed by atoms with E-state index in [2.05, 4.69) is 6.07 Å². The first kappa shape index (κ1) is 20.4. The number of aryl methyl sites for hydroxylation is 2. The van der Waals surface area contributed by atoms with Crippen LogP contribution in [0.5, 0.6) is 0 Å². The summed E-state index contributed by atoms with van der Waals surface area (Å²) >= 11 is 0. The summed E-state index contributed by atoms with van der Waals surface area (Å²) in [6.07, 6.45) is 2.18. The number of piperidine rings is 1. The smallest absolute Gasteiger partial charge is 0.253 e. The molecule has 6 heteroatoms. The van der Waals surface area contributed by atoms with E-state index in [1.54, 1.807) is 0 Å². The summed E-state index contributed by atoms with van der Waals surface area (Å²) in [4.78, 5) is 43.3. The minimum atomic E-state index is -0.142. The van der Waals surface area contributed by atoms with Crippen molar-refractivity contribution < 1.29 is 14.4 Å². The number of piperazine rings is 1. The molecule has 0 bridgehead atoms. The summed E-state index contributed by atoms with van der Waals surface area (Å²) in [5, 5.41) is 0. The van der Waals surface area contributed by atoms with Crippen LogP contribution in [-0.2, 0) is 9.59 Å². The van der Waals surface area contributed by atoms with E-state index in [1.165, 1.54) is 0 Å². The van der Waals surface area contributed by atoms with E-state index >= 15 is 0 Å². The molecule has 2 saturated heterocycles. The van der Waals surface area contributed by atoms with Gasteiger partial charge in [-0.25, -0.2) is 0 Å². The van der Waals surface area contributed by atoms with Gasteiger partial charge in [0.2, 0.25) is 11.8 Å². The Morgan fingerprint density at radius 3 is 2.11 bits per heavy atom. The van der Waals surface area contributed by atoms with E-state index < -0.39 is 0 Å². The SMILES string of the molecule is CCC(=O)N1CCN(C(=O)C2CCCN(C(=O)c3cc(C)cc(C)c3)C2)CC1. The molecule has 0 radical (unpaired) electrons. The number of hydrogen-bond donors (Lipinski definition) is 0. The van der Waals surface area contributed by atoms with Crippen molar-refractivity contribution in [1.29, 1.82) is 0 Å².